The lowest BCUT2D eigenvalue weighted by Crippen LogP contribution is -2.44. The maximum atomic E-state index is 11.6. The van der Waals surface area contributed by atoms with E-state index in [1.807, 2.05) is 0 Å². The van der Waals surface area contributed by atoms with Crippen LogP contribution in [0.15, 0.2) is 24.3 Å². The van der Waals surface area contributed by atoms with Crippen molar-refractivity contribution in [3.63, 3.8) is 0 Å². The SMILES string of the molecule is COC(=O)[C@@H](CO)NC(=O)c1ccc(O)cc1. The smallest absolute Gasteiger partial charge is 0.330 e. The standard InChI is InChI=1S/C11H13NO5/c1-17-11(16)9(6-13)12-10(15)7-2-4-8(14)5-3-7/h2-5,9,13-14H,6H2,1H3,(H,12,15)/t9-/m1/s1. The van der Waals surface area contributed by atoms with Crippen LogP contribution in [-0.4, -0.2) is 41.8 Å². The Morgan fingerprint density at radius 3 is 2.41 bits per heavy atom. The molecule has 6 nitrogen and oxygen atoms in total. The number of hydrogen-bond acceptors (Lipinski definition) is 5. The molecule has 0 aliphatic heterocycles. The number of hydrogen-bond donors (Lipinski definition) is 3. The first-order valence-electron chi connectivity index (χ1n) is 4.87. The Morgan fingerprint density at radius 2 is 1.94 bits per heavy atom. The Labute approximate surface area is 97.8 Å². The van der Waals surface area contributed by atoms with Crippen LogP contribution < -0.4 is 5.32 Å². The first kappa shape index (κ1) is 13.0. The quantitative estimate of drug-likeness (QED) is 0.624. The summed E-state index contributed by atoms with van der Waals surface area (Å²) >= 11 is 0. The number of rotatable bonds is 4. The Kier molecular flexibility index (Phi) is 4.47. The molecule has 0 aromatic heterocycles. The number of methoxy groups -OCH3 is 1. The molecule has 0 fully saturated rings. The number of amides is 1. The number of aromatic hydroxyl groups is 1. The van der Waals surface area contributed by atoms with E-state index in [9.17, 15) is 9.59 Å². The molecule has 0 heterocycles. The Balaban J connectivity index is 2.71. The van der Waals surface area contributed by atoms with E-state index in [4.69, 9.17) is 10.2 Å². The van der Waals surface area contributed by atoms with Crippen LogP contribution in [-0.2, 0) is 9.53 Å². The molecular weight excluding hydrogens is 226 g/mol. The van der Waals surface area contributed by atoms with Gasteiger partial charge in [0.05, 0.1) is 13.7 Å². The molecule has 1 aromatic carbocycles. The maximum absolute atomic E-state index is 11.6. The summed E-state index contributed by atoms with van der Waals surface area (Å²) in [5.41, 5.74) is 0.269. The Bertz CT molecular complexity index is 401. The van der Waals surface area contributed by atoms with E-state index in [0.717, 1.165) is 7.11 Å². The number of carbonyl (C=O) groups excluding carboxylic acids is 2. The molecule has 1 rings (SSSR count). The van der Waals surface area contributed by atoms with Crippen molar-refractivity contribution in [3.8, 4) is 5.75 Å². The summed E-state index contributed by atoms with van der Waals surface area (Å²) in [6.45, 7) is -0.545. The second-order valence-electron chi connectivity index (χ2n) is 3.28. The highest BCUT2D eigenvalue weighted by Gasteiger charge is 2.20. The summed E-state index contributed by atoms with van der Waals surface area (Å²) in [7, 11) is 1.16. The largest absolute Gasteiger partial charge is 0.508 e. The van der Waals surface area contributed by atoms with Crippen LogP contribution in [0.2, 0.25) is 0 Å². The highest BCUT2D eigenvalue weighted by Crippen LogP contribution is 2.09. The van der Waals surface area contributed by atoms with Crippen LogP contribution in [0.1, 0.15) is 10.4 Å². The van der Waals surface area contributed by atoms with Crippen LogP contribution >= 0.6 is 0 Å². The zero-order valence-corrected chi connectivity index (χ0v) is 9.21. The summed E-state index contributed by atoms with van der Waals surface area (Å²) in [4.78, 5) is 22.8. The van der Waals surface area contributed by atoms with Gasteiger partial charge in [0.25, 0.3) is 5.91 Å². The highest BCUT2D eigenvalue weighted by molar-refractivity contribution is 5.96. The van der Waals surface area contributed by atoms with Crippen molar-refractivity contribution < 1.29 is 24.5 Å². The van der Waals surface area contributed by atoms with Crippen molar-refractivity contribution in [2.45, 2.75) is 6.04 Å². The highest BCUT2D eigenvalue weighted by atomic mass is 16.5. The zero-order chi connectivity index (χ0) is 12.8. The number of benzene rings is 1. The van der Waals surface area contributed by atoms with Gasteiger partial charge in [0.1, 0.15) is 5.75 Å². The van der Waals surface area contributed by atoms with Crippen LogP contribution in [0.25, 0.3) is 0 Å². The normalized spacial score (nSPS) is 11.6. The van der Waals surface area contributed by atoms with E-state index in [1.54, 1.807) is 0 Å². The fourth-order valence-electron chi connectivity index (χ4n) is 1.18. The van der Waals surface area contributed by atoms with Gasteiger partial charge in [-0.2, -0.15) is 0 Å². The second kappa shape index (κ2) is 5.86. The number of nitrogens with one attached hydrogen (secondary N) is 1. The zero-order valence-electron chi connectivity index (χ0n) is 9.21. The topological polar surface area (TPSA) is 95.9 Å². The molecule has 0 unspecified atom stereocenters. The van der Waals surface area contributed by atoms with Crippen LogP contribution in [0.4, 0.5) is 0 Å². The third-order valence-corrected chi connectivity index (χ3v) is 2.10. The van der Waals surface area contributed by atoms with Gasteiger partial charge in [0.2, 0.25) is 0 Å². The third kappa shape index (κ3) is 3.46. The molecule has 0 saturated heterocycles. The van der Waals surface area contributed by atoms with Crippen LogP contribution in [0.5, 0.6) is 5.75 Å². The molecule has 0 aliphatic carbocycles. The minimum atomic E-state index is -1.10. The third-order valence-electron chi connectivity index (χ3n) is 2.10. The van der Waals surface area contributed by atoms with Gasteiger partial charge >= 0.3 is 5.97 Å². The van der Waals surface area contributed by atoms with E-state index in [-0.39, 0.29) is 11.3 Å². The molecule has 1 atom stereocenters. The van der Waals surface area contributed by atoms with Crippen molar-refractivity contribution in [1.82, 2.24) is 5.32 Å². The average molecular weight is 239 g/mol. The van der Waals surface area contributed by atoms with E-state index in [2.05, 4.69) is 10.1 Å². The molecule has 0 aliphatic rings. The molecule has 0 saturated carbocycles. The number of ether oxygens (including phenoxy) is 1. The molecule has 0 bridgehead atoms. The van der Waals surface area contributed by atoms with Crippen LogP contribution in [0, 0.1) is 0 Å². The summed E-state index contributed by atoms with van der Waals surface area (Å²) in [5, 5.41) is 20.3. The van der Waals surface area contributed by atoms with Crippen LogP contribution in [0.3, 0.4) is 0 Å². The molecule has 17 heavy (non-hydrogen) atoms. The number of esters is 1. The molecule has 0 spiro atoms. The average Bonchev–Trinajstić information content (AvgIpc) is 2.35. The lowest BCUT2D eigenvalue weighted by Gasteiger charge is -2.13. The van der Waals surface area contributed by atoms with Gasteiger partial charge in [-0.3, -0.25) is 4.79 Å². The molecular formula is C11H13NO5. The molecule has 92 valence electrons. The van der Waals surface area contributed by atoms with Crippen molar-refractivity contribution >= 4 is 11.9 Å². The molecule has 1 amide bonds. The number of aliphatic hydroxyl groups is 1. The van der Waals surface area contributed by atoms with Gasteiger partial charge in [-0.1, -0.05) is 0 Å². The summed E-state index contributed by atoms with van der Waals surface area (Å²) in [5.74, 6) is -1.22. The predicted molar refractivity (Wildman–Crippen MR) is 58.5 cm³/mol. The minimum absolute atomic E-state index is 0.0354. The van der Waals surface area contributed by atoms with Crippen molar-refractivity contribution in [3.05, 3.63) is 29.8 Å². The van der Waals surface area contributed by atoms with Crippen molar-refractivity contribution in [2.75, 3.05) is 13.7 Å². The Morgan fingerprint density at radius 1 is 1.35 bits per heavy atom. The van der Waals surface area contributed by atoms with E-state index in [0.29, 0.717) is 0 Å². The molecule has 0 radical (unpaired) electrons. The van der Waals surface area contributed by atoms with Gasteiger partial charge < -0.3 is 20.3 Å². The lowest BCUT2D eigenvalue weighted by atomic mass is 10.2. The maximum Gasteiger partial charge on any atom is 0.330 e. The van der Waals surface area contributed by atoms with Gasteiger partial charge in [-0.05, 0) is 24.3 Å². The van der Waals surface area contributed by atoms with Gasteiger partial charge in [0, 0.05) is 5.56 Å². The second-order valence-corrected chi connectivity index (χ2v) is 3.28. The Hall–Kier alpha value is -2.08. The van der Waals surface area contributed by atoms with Gasteiger partial charge in [-0.15, -0.1) is 0 Å². The number of aliphatic hydroxyl groups excluding tert-OH is 1. The number of phenols is 1. The first-order chi connectivity index (χ1) is 8.08. The monoisotopic (exact) mass is 239 g/mol. The molecule has 6 heteroatoms. The summed E-state index contributed by atoms with van der Waals surface area (Å²) in [6, 6.07) is 4.40. The van der Waals surface area contributed by atoms with Gasteiger partial charge in [0.15, 0.2) is 6.04 Å². The van der Waals surface area contributed by atoms with E-state index >= 15 is 0 Å². The molecule has 1 aromatic rings. The number of phenolic OH excluding ortho intramolecular Hbond substituents is 1. The summed E-state index contributed by atoms with van der Waals surface area (Å²) < 4.78 is 4.41. The first-order valence-corrected chi connectivity index (χ1v) is 4.87. The number of carbonyl (C=O) groups is 2. The fourth-order valence-corrected chi connectivity index (χ4v) is 1.18. The molecule has 3 N–H and O–H groups in total. The fraction of sp³-hybridized carbons (Fsp3) is 0.273. The van der Waals surface area contributed by atoms with Crippen molar-refractivity contribution in [2.24, 2.45) is 0 Å². The predicted octanol–water partition coefficient (Wildman–Crippen LogP) is -0.344. The summed E-state index contributed by atoms with van der Waals surface area (Å²) in [6.07, 6.45) is 0. The lowest BCUT2D eigenvalue weighted by molar-refractivity contribution is -0.143. The van der Waals surface area contributed by atoms with Gasteiger partial charge in [-0.25, -0.2) is 4.79 Å². The van der Waals surface area contributed by atoms with Crippen molar-refractivity contribution in [1.29, 1.82) is 0 Å². The van der Waals surface area contributed by atoms with E-state index < -0.39 is 24.5 Å². The van der Waals surface area contributed by atoms with E-state index in [1.165, 1.54) is 24.3 Å². The minimum Gasteiger partial charge on any atom is -0.508 e.